The van der Waals surface area contributed by atoms with E-state index in [0.29, 0.717) is 22.9 Å². The first-order chi connectivity index (χ1) is 19.6. The van der Waals surface area contributed by atoms with Crippen molar-refractivity contribution < 1.29 is 28.0 Å². The average Bonchev–Trinajstić information content (AvgIpc) is 3.80. The van der Waals surface area contributed by atoms with Gasteiger partial charge in [-0.2, -0.15) is 0 Å². The van der Waals surface area contributed by atoms with Crippen LogP contribution in [0.5, 0.6) is 0 Å². The summed E-state index contributed by atoms with van der Waals surface area (Å²) < 4.78 is 11.6. The zero-order valence-corrected chi connectivity index (χ0v) is 20.9. The monoisotopic (exact) mass is 534 g/mol. The lowest BCUT2D eigenvalue weighted by Crippen LogP contribution is -2.50. The summed E-state index contributed by atoms with van der Waals surface area (Å²) in [5, 5.41) is 3.49. The second-order valence-electron chi connectivity index (χ2n) is 10.3. The highest BCUT2D eigenvalue weighted by Crippen LogP contribution is 2.59. The first kappa shape index (κ1) is 23.1. The lowest BCUT2D eigenvalue weighted by Gasteiger charge is -2.34. The van der Waals surface area contributed by atoms with Crippen molar-refractivity contribution in [3.05, 3.63) is 109 Å². The van der Waals surface area contributed by atoms with Crippen LogP contribution in [0.25, 0.3) is 0 Å². The number of fused-ring (bicyclic) bond motifs is 5. The SMILES string of the molecule is O=C1[C@@H]2[C@@H](C(=O)N1c1ccccc1)N1[C@@H](c3ccco3)[C@H]3C(=O)N(c4ccccc4)C(=O)[C@@H]3N1[C@H]2c1ccco1. The number of anilines is 2. The van der Waals surface area contributed by atoms with Crippen molar-refractivity contribution in [2.24, 2.45) is 11.8 Å². The van der Waals surface area contributed by atoms with Gasteiger partial charge in [0.05, 0.1) is 47.8 Å². The van der Waals surface area contributed by atoms with Crippen LogP contribution in [0.3, 0.4) is 0 Å². The van der Waals surface area contributed by atoms with Gasteiger partial charge >= 0.3 is 0 Å². The number of para-hydroxylation sites is 2. The maximum Gasteiger partial charge on any atom is 0.253 e. The van der Waals surface area contributed by atoms with E-state index in [-0.39, 0.29) is 11.8 Å². The summed E-state index contributed by atoms with van der Waals surface area (Å²) in [7, 11) is 0. The molecule has 4 amide bonds. The molecule has 4 saturated heterocycles. The highest BCUT2D eigenvalue weighted by atomic mass is 16.3. The lowest BCUT2D eigenvalue weighted by molar-refractivity contribution is -0.136. The number of carbonyl (C=O) groups is 4. The number of rotatable bonds is 4. The Morgan fingerprint density at radius 2 is 0.850 bits per heavy atom. The number of hydrazine groups is 1. The van der Waals surface area contributed by atoms with Crippen LogP contribution in [0.4, 0.5) is 11.4 Å². The highest BCUT2D eigenvalue weighted by Gasteiger charge is 2.74. The molecule has 10 heteroatoms. The summed E-state index contributed by atoms with van der Waals surface area (Å²) in [5.41, 5.74) is 0.931. The topological polar surface area (TPSA) is 108 Å². The van der Waals surface area contributed by atoms with Crippen molar-refractivity contribution in [1.82, 2.24) is 10.0 Å². The molecule has 0 spiro atoms. The molecule has 0 bridgehead atoms. The Kier molecular flexibility index (Phi) is 4.82. The Labute approximate surface area is 227 Å². The van der Waals surface area contributed by atoms with Gasteiger partial charge in [0.2, 0.25) is 11.8 Å². The molecule has 198 valence electrons. The number of imide groups is 2. The maximum atomic E-state index is 14.1. The third-order valence-corrected chi connectivity index (χ3v) is 8.42. The van der Waals surface area contributed by atoms with Gasteiger partial charge < -0.3 is 8.83 Å². The Balaban J connectivity index is 1.32. The zero-order chi connectivity index (χ0) is 27.1. The molecule has 6 heterocycles. The summed E-state index contributed by atoms with van der Waals surface area (Å²) in [5.74, 6) is -2.48. The molecule has 10 nitrogen and oxygen atoms in total. The van der Waals surface area contributed by atoms with E-state index < -0.39 is 47.8 Å². The van der Waals surface area contributed by atoms with E-state index in [1.807, 2.05) is 12.1 Å². The van der Waals surface area contributed by atoms with E-state index in [0.717, 1.165) is 0 Å². The van der Waals surface area contributed by atoms with Crippen LogP contribution < -0.4 is 9.80 Å². The van der Waals surface area contributed by atoms with Gasteiger partial charge in [-0.1, -0.05) is 36.4 Å². The molecule has 0 unspecified atom stereocenters. The number of hydrogen-bond acceptors (Lipinski definition) is 8. The van der Waals surface area contributed by atoms with E-state index in [1.54, 1.807) is 82.8 Å². The molecule has 4 aromatic rings. The normalized spacial score (nSPS) is 29.9. The van der Waals surface area contributed by atoms with Crippen molar-refractivity contribution in [2.45, 2.75) is 24.2 Å². The summed E-state index contributed by atoms with van der Waals surface area (Å²) in [6.07, 6.45) is 3.00. The Hall–Kier alpha value is -4.80. The summed E-state index contributed by atoms with van der Waals surface area (Å²) in [4.78, 5) is 58.8. The second kappa shape index (κ2) is 8.35. The van der Waals surface area contributed by atoms with Crippen molar-refractivity contribution in [2.75, 3.05) is 9.80 Å². The molecule has 0 saturated carbocycles. The van der Waals surface area contributed by atoms with Gasteiger partial charge in [0, 0.05) is 0 Å². The Morgan fingerprint density at radius 1 is 0.450 bits per heavy atom. The fraction of sp³-hybridized carbons (Fsp3) is 0.200. The number of hydrogen-bond donors (Lipinski definition) is 0. The molecule has 4 fully saturated rings. The number of benzene rings is 2. The van der Waals surface area contributed by atoms with Gasteiger partial charge in [0.25, 0.3) is 11.8 Å². The molecule has 0 radical (unpaired) electrons. The average molecular weight is 535 g/mol. The zero-order valence-electron chi connectivity index (χ0n) is 20.9. The van der Waals surface area contributed by atoms with Crippen molar-refractivity contribution >= 4 is 35.0 Å². The predicted octanol–water partition coefficient (Wildman–Crippen LogP) is 3.32. The van der Waals surface area contributed by atoms with Crippen molar-refractivity contribution in [3.63, 3.8) is 0 Å². The fourth-order valence-corrected chi connectivity index (χ4v) is 6.97. The Bertz CT molecular complexity index is 1510. The minimum atomic E-state index is -0.964. The van der Waals surface area contributed by atoms with Gasteiger partial charge in [-0.05, 0) is 48.5 Å². The van der Waals surface area contributed by atoms with Crippen LogP contribution in [-0.4, -0.2) is 45.7 Å². The first-order valence-corrected chi connectivity index (χ1v) is 13.1. The quantitative estimate of drug-likeness (QED) is 0.367. The van der Waals surface area contributed by atoms with E-state index in [4.69, 9.17) is 8.83 Å². The van der Waals surface area contributed by atoms with Gasteiger partial charge in [-0.25, -0.2) is 19.8 Å². The minimum absolute atomic E-state index is 0.386. The van der Waals surface area contributed by atoms with Crippen LogP contribution in [0.15, 0.2) is 106 Å². The van der Waals surface area contributed by atoms with Crippen LogP contribution in [0.2, 0.25) is 0 Å². The number of carbonyl (C=O) groups excluding carboxylic acids is 4. The third kappa shape index (κ3) is 2.89. The fourth-order valence-electron chi connectivity index (χ4n) is 6.97. The van der Waals surface area contributed by atoms with Crippen molar-refractivity contribution in [3.8, 4) is 0 Å². The first-order valence-electron chi connectivity index (χ1n) is 13.1. The van der Waals surface area contributed by atoms with E-state index in [9.17, 15) is 19.2 Å². The second-order valence-corrected chi connectivity index (χ2v) is 10.3. The van der Waals surface area contributed by atoms with E-state index in [2.05, 4.69) is 0 Å². The number of nitrogens with zero attached hydrogens (tertiary/aromatic N) is 4. The van der Waals surface area contributed by atoms with Crippen LogP contribution >= 0.6 is 0 Å². The smallest absolute Gasteiger partial charge is 0.253 e. The molecule has 2 aromatic carbocycles. The van der Waals surface area contributed by atoms with Crippen molar-refractivity contribution in [1.29, 1.82) is 0 Å². The molecule has 8 rings (SSSR count). The molecular weight excluding hydrogens is 512 g/mol. The number of furan rings is 2. The van der Waals surface area contributed by atoms with E-state index >= 15 is 0 Å². The molecule has 40 heavy (non-hydrogen) atoms. The number of amides is 4. The predicted molar refractivity (Wildman–Crippen MR) is 139 cm³/mol. The van der Waals surface area contributed by atoms with Gasteiger partial charge in [0.1, 0.15) is 23.6 Å². The van der Waals surface area contributed by atoms with Gasteiger partial charge in [0.15, 0.2) is 0 Å². The third-order valence-electron chi connectivity index (χ3n) is 8.42. The van der Waals surface area contributed by atoms with E-state index in [1.165, 1.54) is 22.3 Å². The maximum absolute atomic E-state index is 14.1. The minimum Gasteiger partial charge on any atom is -0.468 e. The summed E-state index contributed by atoms with van der Waals surface area (Å²) in [6.45, 7) is 0. The summed E-state index contributed by atoms with van der Waals surface area (Å²) >= 11 is 0. The molecule has 2 aromatic heterocycles. The molecule has 6 atom stereocenters. The van der Waals surface area contributed by atoms with Crippen LogP contribution in [0, 0.1) is 11.8 Å². The van der Waals surface area contributed by atoms with Crippen LogP contribution in [0.1, 0.15) is 23.6 Å². The molecule has 4 aliphatic rings. The highest BCUT2D eigenvalue weighted by molar-refractivity contribution is 6.26. The van der Waals surface area contributed by atoms with Gasteiger partial charge in [-0.3, -0.25) is 19.2 Å². The largest absolute Gasteiger partial charge is 0.468 e. The lowest BCUT2D eigenvalue weighted by atomic mass is 9.87. The summed E-state index contributed by atoms with van der Waals surface area (Å²) in [6, 6.07) is 20.9. The van der Waals surface area contributed by atoms with Crippen LogP contribution in [-0.2, 0) is 19.2 Å². The van der Waals surface area contributed by atoms with Gasteiger partial charge in [-0.15, -0.1) is 0 Å². The molecule has 0 aliphatic carbocycles. The molecule has 4 aliphatic heterocycles. The molecule has 0 N–H and O–H groups in total. The molecular formula is C30H22N4O6. The Morgan fingerprint density at radius 3 is 1.20 bits per heavy atom. The standard InChI is InChI=1S/C30H22N4O6/c35-27-21-23(19-13-7-15-39-19)34-26-22(28(36)32(30(26)38)18-11-5-2-6-12-18)24(20-14-8-16-40-20)33(34)25(21)29(37)31(27)17-9-3-1-4-10-17/h1-16,21-26H/t21-,22+,23-,24-,25-,26+/m0/s1.